The molecule has 0 unspecified atom stereocenters. The fourth-order valence-corrected chi connectivity index (χ4v) is 3.00. The van der Waals surface area contributed by atoms with E-state index in [2.05, 4.69) is 27.4 Å². The van der Waals surface area contributed by atoms with Gasteiger partial charge in [-0.15, -0.1) is 0 Å². The van der Waals surface area contributed by atoms with Crippen molar-refractivity contribution < 1.29 is 4.79 Å². The SMILES string of the molecule is O=C(NCc1ccc(-n2ccnc2)nc1)N1CC[C@@H]1c1ccccc1. The molecule has 1 N–H and O–H groups in total. The average molecular weight is 333 g/mol. The Labute approximate surface area is 146 Å². The van der Waals surface area contributed by atoms with Crippen molar-refractivity contribution in [2.75, 3.05) is 6.54 Å². The summed E-state index contributed by atoms with van der Waals surface area (Å²) in [5.41, 5.74) is 2.16. The topological polar surface area (TPSA) is 63.1 Å². The lowest BCUT2D eigenvalue weighted by Gasteiger charge is -2.41. The van der Waals surface area contributed by atoms with Gasteiger partial charge in [0, 0.05) is 31.7 Å². The molecule has 1 fully saturated rings. The number of imidazole rings is 1. The van der Waals surface area contributed by atoms with E-state index in [1.54, 1.807) is 18.7 Å². The molecule has 25 heavy (non-hydrogen) atoms. The van der Waals surface area contributed by atoms with Crippen LogP contribution in [-0.4, -0.2) is 32.0 Å². The van der Waals surface area contributed by atoms with Crippen molar-refractivity contribution >= 4 is 6.03 Å². The Hall–Kier alpha value is -3.15. The normalized spacial score (nSPS) is 16.3. The highest BCUT2D eigenvalue weighted by molar-refractivity contribution is 5.75. The molecule has 1 aliphatic heterocycles. The Morgan fingerprint density at radius 2 is 2.08 bits per heavy atom. The average Bonchev–Trinajstić information content (AvgIpc) is 3.15. The molecule has 126 valence electrons. The van der Waals surface area contributed by atoms with E-state index < -0.39 is 0 Å². The summed E-state index contributed by atoms with van der Waals surface area (Å²) in [7, 11) is 0. The Morgan fingerprint density at radius 3 is 2.72 bits per heavy atom. The summed E-state index contributed by atoms with van der Waals surface area (Å²) < 4.78 is 1.84. The fraction of sp³-hybridized carbons (Fsp3) is 0.211. The number of amides is 2. The van der Waals surface area contributed by atoms with Gasteiger partial charge in [-0.3, -0.25) is 4.57 Å². The number of benzene rings is 1. The molecular weight excluding hydrogens is 314 g/mol. The van der Waals surface area contributed by atoms with Crippen LogP contribution in [0.3, 0.4) is 0 Å². The number of nitrogens with zero attached hydrogens (tertiary/aromatic N) is 4. The van der Waals surface area contributed by atoms with Crippen LogP contribution in [0.5, 0.6) is 0 Å². The van der Waals surface area contributed by atoms with Gasteiger partial charge in [0.15, 0.2) is 0 Å². The van der Waals surface area contributed by atoms with Crippen LogP contribution < -0.4 is 5.32 Å². The number of carbonyl (C=O) groups excluding carboxylic acids is 1. The molecule has 3 aromatic rings. The smallest absolute Gasteiger partial charge is 0.318 e. The van der Waals surface area contributed by atoms with Gasteiger partial charge in [0.2, 0.25) is 0 Å². The van der Waals surface area contributed by atoms with E-state index in [-0.39, 0.29) is 12.1 Å². The summed E-state index contributed by atoms with van der Waals surface area (Å²) in [6, 6.07) is 14.2. The van der Waals surface area contributed by atoms with Crippen molar-refractivity contribution in [1.29, 1.82) is 0 Å². The van der Waals surface area contributed by atoms with Gasteiger partial charge < -0.3 is 10.2 Å². The van der Waals surface area contributed by atoms with Crippen LogP contribution in [-0.2, 0) is 6.54 Å². The van der Waals surface area contributed by atoms with Crippen LogP contribution in [0.2, 0.25) is 0 Å². The minimum atomic E-state index is -0.0289. The largest absolute Gasteiger partial charge is 0.334 e. The van der Waals surface area contributed by atoms with E-state index in [9.17, 15) is 4.79 Å². The Balaban J connectivity index is 1.34. The highest BCUT2D eigenvalue weighted by Crippen LogP contribution is 2.32. The number of aromatic nitrogens is 3. The Bertz CT molecular complexity index is 830. The first-order valence-corrected chi connectivity index (χ1v) is 8.34. The summed E-state index contributed by atoms with van der Waals surface area (Å²) in [5, 5.41) is 2.98. The van der Waals surface area contributed by atoms with Gasteiger partial charge in [-0.1, -0.05) is 36.4 Å². The Morgan fingerprint density at radius 1 is 1.20 bits per heavy atom. The second kappa shape index (κ2) is 6.76. The number of likely N-dealkylation sites (tertiary alicyclic amines) is 1. The van der Waals surface area contributed by atoms with E-state index in [0.29, 0.717) is 6.54 Å². The number of hydrogen-bond donors (Lipinski definition) is 1. The first-order valence-electron chi connectivity index (χ1n) is 8.34. The van der Waals surface area contributed by atoms with Crippen LogP contribution in [0.4, 0.5) is 4.79 Å². The van der Waals surface area contributed by atoms with E-state index >= 15 is 0 Å². The lowest BCUT2D eigenvalue weighted by Crippen LogP contribution is -2.49. The van der Waals surface area contributed by atoms with Gasteiger partial charge in [0.05, 0.1) is 6.04 Å². The Kier molecular flexibility index (Phi) is 4.16. The summed E-state index contributed by atoms with van der Waals surface area (Å²) in [6.07, 6.45) is 8.06. The molecule has 0 radical (unpaired) electrons. The van der Waals surface area contributed by atoms with Crippen molar-refractivity contribution in [2.24, 2.45) is 0 Å². The van der Waals surface area contributed by atoms with Gasteiger partial charge in [0.1, 0.15) is 12.1 Å². The van der Waals surface area contributed by atoms with Crippen LogP contribution in [0, 0.1) is 0 Å². The maximum atomic E-state index is 12.4. The second-order valence-corrected chi connectivity index (χ2v) is 6.06. The molecule has 6 nitrogen and oxygen atoms in total. The van der Waals surface area contributed by atoms with Crippen LogP contribution in [0.15, 0.2) is 67.4 Å². The quantitative estimate of drug-likeness (QED) is 0.798. The predicted molar refractivity (Wildman–Crippen MR) is 94.1 cm³/mol. The molecule has 6 heteroatoms. The molecule has 0 spiro atoms. The van der Waals surface area contributed by atoms with Gasteiger partial charge in [-0.05, 0) is 23.6 Å². The van der Waals surface area contributed by atoms with Crippen LogP contribution in [0.25, 0.3) is 5.82 Å². The third-order valence-electron chi connectivity index (χ3n) is 4.49. The summed E-state index contributed by atoms with van der Waals surface area (Å²) >= 11 is 0. The molecule has 1 aliphatic rings. The molecule has 3 heterocycles. The second-order valence-electron chi connectivity index (χ2n) is 6.06. The van der Waals surface area contributed by atoms with Crippen LogP contribution >= 0.6 is 0 Å². The van der Waals surface area contributed by atoms with Crippen molar-refractivity contribution in [3.63, 3.8) is 0 Å². The van der Waals surface area contributed by atoms with Gasteiger partial charge in [-0.2, -0.15) is 0 Å². The molecule has 2 aromatic heterocycles. The van der Waals surface area contributed by atoms with E-state index in [1.165, 1.54) is 5.56 Å². The monoisotopic (exact) mass is 333 g/mol. The molecule has 0 bridgehead atoms. The van der Waals surface area contributed by atoms with Gasteiger partial charge >= 0.3 is 6.03 Å². The number of hydrogen-bond acceptors (Lipinski definition) is 3. The van der Waals surface area contributed by atoms with Crippen molar-refractivity contribution in [2.45, 2.75) is 19.0 Å². The van der Waals surface area contributed by atoms with Crippen molar-refractivity contribution in [3.05, 3.63) is 78.5 Å². The number of nitrogens with one attached hydrogen (secondary N) is 1. The van der Waals surface area contributed by atoms with Crippen molar-refractivity contribution in [3.8, 4) is 5.82 Å². The molecule has 1 saturated heterocycles. The number of pyridine rings is 1. The fourth-order valence-electron chi connectivity index (χ4n) is 3.00. The number of rotatable bonds is 4. The zero-order valence-corrected chi connectivity index (χ0v) is 13.7. The summed E-state index contributed by atoms with van der Waals surface area (Å²) in [4.78, 5) is 22.7. The maximum absolute atomic E-state index is 12.4. The first kappa shape index (κ1) is 15.4. The zero-order chi connectivity index (χ0) is 17.1. The van der Waals surface area contributed by atoms with Gasteiger partial charge in [0.25, 0.3) is 0 Å². The summed E-state index contributed by atoms with van der Waals surface area (Å²) in [6.45, 7) is 1.26. The molecule has 2 amide bonds. The first-order chi connectivity index (χ1) is 12.3. The predicted octanol–water partition coefficient (Wildman–Crippen LogP) is 2.92. The maximum Gasteiger partial charge on any atom is 0.318 e. The molecular formula is C19H19N5O. The number of urea groups is 1. The van der Waals surface area contributed by atoms with E-state index in [4.69, 9.17) is 0 Å². The third-order valence-corrected chi connectivity index (χ3v) is 4.49. The highest BCUT2D eigenvalue weighted by atomic mass is 16.2. The zero-order valence-electron chi connectivity index (χ0n) is 13.7. The lowest BCUT2D eigenvalue weighted by molar-refractivity contribution is 0.115. The molecule has 0 saturated carbocycles. The third kappa shape index (κ3) is 3.24. The highest BCUT2D eigenvalue weighted by Gasteiger charge is 2.32. The standard InChI is InChI=1S/C19H19N5O/c25-19(24-10-8-17(24)16-4-2-1-3-5-16)22-13-15-6-7-18(21-12-15)23-11-9-20-14-23/h1-7,9,11-12,14,17H,8,10,13H2,(H,22,25)/t17-/m1/s1. The molecule has 1 atom stereocenters. The molecule has 1 aromatic carbocycles. The summed E-state index contributed by atoms with van der Waals surface area (Å²) in [5.74, 6) is 0.805. The van der Waals surface area contributed by atoms with Crippen molar-refractivity contribution in [1.82, 2.24) is 24.8 Å². The number of carbonyl (C=O) groups is 1. The van der Waals surface area contributed by atoms with E-state index in [0.717, 1.165) is 24.3 Å². The molecule has 0 aliphatic carbocycles. The van der Waals surface area contributed by atoms with Gasteiger partial charge in [-0.25, -0.2) is 14.8 Å². The minimum absolute atomic E-state index is 0.0289. The van der Waals surface area contributed by atoms with E-state index in [1.807, 2.05) is 46.0 Å². The lowest BCUT2D eigenvalue weighted by atomic mass is 9.95. The minimum Gasteiger partial charge on any atom is -0.334 e. The molecule has 4 rings (SSSR count). The van der Waals surface area contributed by atoms with Crippen LogP contribution in [0.1, 0.15) is 23.6 Å².